The van der Waals surface area contributed by atoms with Crippen LogP contribution in [0, 0.1) is 11.8 Å². The standard InChI is InChI=1S/C79H154O17P2/c1-7-9-11-13-15-17-19-21-23-25-26-28-30-32-38-45-51-57-63-78(83)95-74(67-89-76(81)61-55-49-43-37-31-29-27-24-22-20-18-16-14-12-10-8-2)69-93-97(85,86)91-65-73(80)66-92-98(87,88)94-70-75(96-79(84)64-58-52-46-40-34-36-42-48-54-60-72(5)6)68-90-77(82)62-56-50-44-39-33-35-41-47-53-59-71(3)4/h71-75,80H,7-70H2,1-6H3,(H,85,86)(H,87,88)/t73-,74-,75-/m1/s1. The number of hydrogen-bond donors (Lipinski definition) is 3. The smallest absolute Gasteiger partial charge is 0.462 e. The number of ether oxygens (including phenoxy) is 4. The lowest BCUT2D eigenvalue weighted by molar-refractivity contribution is -0.161. The second-order valence-electron chi connectivity index (χ2n) is 29.4. The monoisotopic (exact) mass is 1440 g/mol. The summed E-state index contributed by atoms with van der Waals surface area (Å²) < 4.78 is 68.7. The third-order valence-electron chi connectivity index (χ3n) is 18.5. The highest BCUT2D eigenvalue weighted by Crippen LogP contribution is 2.45. The van der Waals surface area contributed by atoms with Gasteiger partial charge in [0.2, 0.25) is 0 Å². The topological polar surface area (TPSA) is 237 Å². The summed E-state index contributed by atoms with van der Waals surface area (Å²) in [7, 11) is -9.92. The first kappa shape index (κ1) is 96.1. The molecule has 0 saturated carbocycles. The lowest BCUT2D eigenvalue weighted by Crippen LogP contribution is -2.30. The van der Waals surface area contributed by atoms with Gasteiger partial charge in [-0.15, -0.1) is 0 Å². The molecule has 582 valence electrons. The van der Waals surface area contributed by atoms with Crippen LogP contribution in [0.3, 0.4) is 0 Å². The summed E-state index contributed by atoms with van der Waals surface area (Å²) in [5.74, 6) is -0.631. The van der Waals surface area contributed by atoms with Crippen molar-refractivity contribution in [1.82, 2.24) is 0 Å². The van der Waals surface area contributed by atoms with Crippen molar-refractivity contribution in [2.75, 3.05) is 39.6 Å². The van der Waals surface area contributed by atoms with E-state index in [1.807, 2.05) is 0 Å². The molecule has 3 N–H and O–H groups in total. The summed E-state index contributed by atoms with van der Waals surface area (Å²) in [5.41, 5.74) is 0. The first-order chi connectivity index (χ1) is 47.4. The largest absolute Gasteiger partial charge is 0.472 e. The minimum absolute atomic E-state index is 0.105. The van der Waals surface area contributed by atoms with E-state index in [-0.39, 0.29) is 25.7 Å². The molecule has 0 saturated heterocycles. The molecule has 0 aliphatic heterocycles. The van der Waals surface area contributed by atoms with E-state index in [1.165, 1.54) is 231 Å². The maximum atomic E-state index is 13.1. The zero-order valence-electron chi connectivity index (χ0n) is 64.1. The summed E-state index contributed by atoms with van der Waals surface area (Å²) in [5, 5.41) is 10.6. The van der Waals surface area contributed by atoms with Gasteiger partial charge in [0.15, 0.2) is 12.2 Å². The van der Waals surface area contributed by atoms with Crippen molar-refractivity contribution in [2.45, 2.75) is 432 Å². The van der Waals surface area contributed by atoms with Gasteiger partial charge in [0.25, 0.3) is 0 Å². The second-order valence-corrected chi connectivity index (χ2v) is 32.3. The van der Waals surface area contributed by atoms with Crippen LogP contribution in [0.15, 0.2) is 0 Å². The van der Waals surface area contributed by atoms with Gasteiger partial charge in [-0.2, -0.15) is 0 Å². The molecule has 0 heterocycles. The number of unbranched alkanes of at least 4 members (excludes halogenated alkanes) is 48. The fourth-order valence-electron chi connectivity index (χ4n) is 12.2. The minimum atomic E-state index is -4.96. The highest BCUT2D eigenvalue weighted by molar-refractivity contribution is 7.47. The fraction of sp³-hybridized carbons (Fsp3) is 0.949. The van der Waals surface area contributed by atoms with Crippen LogP contribution >= 0.6 is 15.6 Å². The molecule has 0 aromatic carbocycles. The van der Waals surface area contributed by atoms with Crippen molar-refractivity contribution >= 4 is 39.5 Å². The quantitative estimate of drug-likeness (QED) is 0.0222. The lowest BCUT2D eigenvalue weighted by Gasteiger charge is -2.21. The number of carbonyl (C=O) groups excluding carboxylic acids is 4. The third kappa shape index (κ3) is 72.4. The van der Waals surface area contributed by atoms with Crippen molar-refractivity contribution in [3.63, 3.8) is 0 Å². The number of esters is 4. The predicted octanol–water partition coefficient (Wildman–Crippen LogP) is 23.5. The summed E-state index contributed by atoms with van der Waals surface area (Å²) in [6.45, 7) is 9.58. The van der Waals surface area contributed by atoms with Gasteiger partial charge in [0, 0.05) is 25.7 Å². The number of aliphatic hydroxyl groups excluding tert-OH is 1. The van der Waals surface area contributed by atoms with Gasteiger partial charge in [-0.1, -0.05) is 363 Å². The van der Waals surface area contributed by atoms with Crippen molar-refractivity contribution in [2.24, 2.45) is 11.8 Å². The van der Waals surface area contributed by atoms with E-state index < -0.39 is 97.5 Å². The van der Waals surface area contributed by atoms with Gasteiger partial charge in [-0.3, -0.25) is 37.3 Å². The molecular formula is C79H154O17P2. The van der Waals surface area contributed by atoms with Gasteiger partial charge in [0.1, 0.15) is 19.3 Å². The molecule has 5 atom stereocenters. The molecule has 19 heteroatoms. The number of hydrogen-bond acceptors (Lipinski definition) is 15. The van der Waals surface area contributed by atoms with Crippen LogP contribution in [0.2, 0.25) is 0 Å². The van der Waals surface area contributed by atoms with E-state index in [4.69, 9.17) is 37.0 Å². The first-order valence-corrected chi connectivity index (χ1v) is 44.0. The molecular weight excluding hydrogens is 1280 g/mol. The highest BCUT2D eigenvalue weighted by atomic mass is 31.2. The van der Waals surface area contributed by atoms with Gasteiger partial charge in [0.05, 0.1) is 26.4 Å². The Balaban J connectivity index is 5.25. The average Bonchev–Trinajstić information content (AvgIpc) is 1.12. The minimum Gasteiger partial charge on any atom is -0.462 e. The molecule has 0 spiro atoms. The zero-order chi connectivity index (χ0) is 72.1. The summed E-state index contributed by atoms with van der Waals surface area (Å²) in [6, 6.07) is 0. The molecule has 0 aromatic rings. The Kier molecular flexibility index (Phi) is 69.3. The van der Waals surface area contributed by atoms with E-state index in [9.17, 15) is 43.2 Å². The fourth-order valence-corrected chi connectivity index (χ4v) is 13.8. The average molecular weight is 1440 g/mol. The normalized spacial score (nSPS) is 13.9. The Morgan fingerprint density at radius 3 is 0.694 bits per heavy atom. The summed E-state index contributed by atoms with van der Waals surface area (Å²) in [6.07, 6.45) is 59.7. The Labute approximate surface area is 600 Å². The zero-order valence-corrected chi connectivity index (χ0v) is 65.9. The van der Waals surface area contributed by atoms with Crippen LogP contribution < -0.4 is 0 Å². The molecule has 98 heavy (non-hydrogen) atoms. The lowest BCUT2D eigenvalue weighted by atomic mass is 10.0. The number of aliphatic hydroxyl groups is 1. The van der Waals surface area contributed by atoms with E-state index >= 15 is 0 Å². The Bertz CT molecular complexity index is 1890. The molecule has 0 rings (SSSR count). The number of rotatable bonds is 78. The number of phosphoric ester groups is 2. The Morgan fingerprint density at radius 2 is 0.469 bits per heavy atom. The molecule has 0 aliphatic carbocycles. The van der Waals surface area contributed by atoms with Crippen LogP contribution in [0.4, 0.5) is 0 Å². The first-order valence-electron chi connectivity index (χ1n) is 41.0. The second kappa shape index (κ2) is 70.7. The van der Waals surface area contributed by atoms with Gasteiger partial charge in [-0.25, -0.2) is 9.13 Å². The molecule has 2 unspecified atom stereocenters. The summed E-state index contributed by atoms with van der Waals surface area (Å²) in [4.78, 5) is 73.0. The van der Waals surface area contributed by atoms with E-state index in [1.54, 1.807) is 0 Å². The van der Waals surface area contributed by atoms with Gasteiger partial charge >= 0.3 is 39.5 Å². The SMILES string of the molecule is CCCCCCCCCCCCCCCCCCCCC(=O)O[C@H](COC(=O)CCCCCCCCCCCCCCCCCC)COP(=O)(O)OC[C@@H](O)COP(=O)(O)OC[C@@H](COC(=O)CCCCCCCCCCCC(C)C)OC(=O)CCCCCCCCCCCC(C)C. The van der Waals surface area contributed by atoms with Crippen molar-refractivity contribution in [3.8, 4) is 0 Å². The van der Waals surface area contributed by atoms with Crippen molar-refractivity contribution < 1.29 is 80.2 Å². The molecule has 0 aromatic heterocycles. The van der Waals surface area contributed by atoms with Crippen LogP contribution in [-0.4, -0.2) is 96.7 Å². The van der Waals surface area contributed by atoms with E-state index in [0.717, 1.165) is 102 Å². The third-order valence-corrected chi connectivity index (χ3v) is 20.4. The number of phosphoric acid groups is 2. The van der Waals surface area contributed by atoms with Crippen LogP contribution in [-0.2, 0) is 65.4 Å². The molecule has 0 bridgehead atoms. The molecule has 17 nitrogen and oxygen atoms in total. The van der Waals surface area contributed by atoms with Crippen LogP contribution in [0.25, 0.3) is 0 Å². The Morgan fingerprint density at radius 1 is 0.276 bits per heavy atom. The van der Waals surface area contributed by atoms with Crippen LogP contribution in [0.1, 0.15) is 414 Å². The van der Waals surface area contributed by atoms with Crippen LogP contribution in [0.5, 0.6) is 0 Å². The molecule has 0 radical (unpaired) electrons. The maximum absolute atomic E-state index is 13.1. The number of carbonyl (C=O) groups is 4. The van der Waals surface area contributed by atoms with E-state index in [0.29, 0.717) is 25.7 Å². The van der Waals surface area contributed by atoms with Gasteiger partial charge < -0.3 is 33.8 Å². The maximum Gasteiger partial charge on any atom is 0.472 e. The van der Waals surface area contributed by atoms with Crippen molar-refractivity contribution in [1.29, 1.82) is 0 Å². The molecule has 0 amide bonds. The van der Waals surface area contributed by atoms with Crippen molar-refractivity contribution in [3.05, 3.63) is 0 Å². The molecule has 0 aliphatic rings. The summed E-state index contributed by atoms with van der Waals surface area (Å²) >= 11 is 0. The highest BCUT2D eigenvalue weighted by Gasteiger charge is 2.30. The molecule has 0 fully saturated rings. The Hall–Kier alpha value is -1.94. The predicted molar refractivity (Wildman–Crippen MR) is 400 cm³/mol. The van der Waals surface area contributed by atoms with Gasteiger partial charge in [-0.05, 0) is 37.5 Å². The van der Waals surface area contributed by atoms with E-state index in [2.05, 4.69) is 41.5 Å².